The van der Waals surface area contributed by atoms with Gasteiger partial charge in [0, 0.05) is 6.07 Å². The van der Waals surface area contributed by atoms with E-state index in [1.165, 1.54) is 0 Å². The molecule has 2 rings (SSSR count). The van der Waals surface area contributed by atoms with Crippen molar-refractivity contribution in [1.29, 1.82) is 0 Å². The molecule has 0 atom stereocenters. The van der Waals surface area contributed by atoms with Crippen molar-refractivity contribution in [2.24, 2.45) is 0 Å². The summed E-state index contributed by atoms with van der Waals surface area (Å²) in [5.41, 5.74) is -2.08. The van der Waals surface area contributed by atoms with Gasteiger partial charge in [0.15, 0.2) is 5.75 Å². The minimum absolute atomic E-state index is 0.0170. The van der Waals surface area contributed by atoms with Crippen LogP contribution in [0.3, 0.4) is 0 Å². The number of aromatic hydroxyl groups is 1. The first-order chi connectivity index (χ1) is 7.11. The second kappa shape index (κ2) is 3.25. The fourth-order valence-electron chi connectivity index (χ4n) is 1.18. The fourth-order valence-corrected chi connectivity index (χ4v) is 1.18. The van der Waals surface area contributed by atoms with Crippen LogP contribution < -0.4 is 11.1 Å². The van der Waals surface area contributed by atoms with Gasteiger partial charge in [-0.2, -0.15) is 0 Å². The van der Waals surface area contributed by atoms with Gasteiger partial charge in [0.2, 0.25) is 16.6 Å². The van der Waals surface area contributed by atoms with Crippen molar-refractivity contribution in [3.05, 3.63) is 38.5 Å². The van der Waals surface area contributed by atoms with Crippen LogP contribution in [0.25, 0.3) is 11.2 Å². The summed E-state index contributed by atoms with van der Waals surface area (Å²) in [7, 11) is 0. The molecule has 78 valence electrons. The molecule has 2 heterocycles. The Labute approximate surface area is 82.0 Å². The van der Waals surface area contributed by atoms with Gasteiger partial charge in [-0.1, -0.05) is 0 Å². The molecule has 0 amide bonds. The van der Waals surface area contributed by atoms with Crippen LogP contribution in [0.2, 0.25) is 0 Å². The third kappa shape index (κ3) is 1.50. The molecular formula is C9H6O6. The molecule has 0 aliphatic rings. The molecule has 0 aliphatic carbocycles. The SMILES string of the molecule is O=c1cc(O)c2oc(CO)cc(=O)c2o1. The summed E-state index contributed by atoms with van der Waals surface area (Å²) in [5.74, 6) is -0.509. The Kier molecular flexibility index (Phi) is 2.05. The van der Waals surface area contributed by atoms with Gasteiger partial charge >= 0.3 is 5.63 Å². The lowest BCUT2D eigenvalue weighted by Crippen LogP contribution is -2.06. The number of hydrogen-bond acceptors (Lipinski definition) is 6. The van der Waals surface area contributed by atoms with Crippen LogP contribution in [0, 0.1) is 0 Å². The van der Waals surface area contributed by atoms with Crippen molar-refractivity contribution in [3.63, 3.8) is 0 Å². The number of aliphatic hydroxyl groups excluding tert-OH is 1. The van der Waals surface area contributed by atoms with Crippen LogP contribution in [-0.4, -0.2) is 10.2 Å². The van der Waals surface area contributed by atoms with E-state index in [0.29, 0.717) is 0 Å². The molecule has 0 fully saturated rings. The van der Waals surface area contributed by atoms with Gasteiger partial charge in [0.25, 0.3) is 0 Å². The van der Waals surface area contributed by atoms with Gasteiger partial charge < -0.3 is 19.0 Å². The predicted molar refractivity (Wildman–Crippen MR) is 48.6 cm³/mol. The second-order valence-corrected chi connectivity index (χ2v) is 2.84. The van der Waals surface area contributed by atoms with E-state index >= 15 is 0 Å². The van der Waals surface area contributed by atoms with Gasteiger partial charge in [-0.25, -0.2) is 4.79 Å². The standard InChI is InChI=1S/C9H6O6/c10-3-4-1-5(11)9-8(14-4)6(12)2-7(13)15-9/h1-2,10,12H,3H2. The molecule has 2 N–H and O–H groups in total. The van der Waals surface area contributed by atoms with Crippen molar-refractivity contribution in [3.8, 4) is 5.75 Å². The summed E-state index contributed by atoms with van der Waals surface area (Å²) in [6.07, 6.45) is 0. The first kappa shape index (κ1) is 9.47. The van der Waals surface area contributed by atoms with Crippen LogP contribution in [0.5, 0.6) is 5.75 Å². The molecule has 6 nitrogen and oxygen atoms in total. The van der Waals surface area contributed by atoms with Gasteiger partial charge in [0.1, 0.15) is 12.4 Å². The molecule has 0 unspecified atom stereocenters. The summed E-state index contributed by atoms with van der Waals surface area (Å²) >= 11 is 0. The molecule has 15 heavy (non-hydrogen) atoms. The lowest BCUT2D eigenvalue weighted by molar-refractivity contribution is 0.247. The van der Waals surface area contributed by atoms with Crippen LogP contribution >= 0.6 is 0 Å². The maximum absolute atomic E-state index is 11.3. The van der Waals surface area contributed by atoms with Gasteiger partial charge in [-0.05, 0) is 0 Å². The zero-order chi connectivity index (χ0) is 11.0. The van der Waals surface area contributed by atoms with E-state index in [0.717, 1.165) is 12.1 Å². The molecule has 2 aromatic rings. The highest BCUT2D eigenvalue weighted by molar-refractivity contribution is 5.75. The Bertz CT molecular complexity index is 621. The Hall–Kier alpha value is -2.08. The van der Waals surface area contributed by atoms with Crippen molar-refractivity contribution in [2.75, 3.05) is 0 Å². The highest BCUT2D eigenvalue weighted by Gasteiger charge is 2.11. The van der Waals surface area contributed by atoms with Crippen LogP contribution in [0.4, 0.5) is 0 Å². The van der Waals surface area contributed by atoms with Gasteiger partial charge in [0.05, 0.1) is 6.07 Å². The summed E-state index contributed by atoms with van der Waals surface area (Å²) < 4.78 is 9.51. The highest BCUT2D eigenvalue weighted by atomic mass is 16.4. The van der Waals surface area contributed by atoms with E-state index < -0.39 is 23.4 Å². The smallest absolute Gasteiger partial charge is 0.340 e. The summed E-state index contributed by atoms with van der Waals surface area (Å²) in [6, 6.07) is 1.77. The van der Waals surface area contributed by atoms with Crippen molar-refractivity contribution >= 4 is 11.2 Å². The molecule has 6 heteroatoms. The summed E-state index contributed by atoms with van der Waals surface area (Å²) in [5, 5.41) is 18.1. The first-order valence-corrected chi connectivity index (χ1v) is 4.02. The molecule has 0 aromatic carbocycles. The molecule has 0 saturated heterocycles. The van der Waals surface area contributed by atoms with Crippen molar-refractivity contribution in [1.82, 2.24) is 0 Å². The third-order valence-corrected chi connectivity index (χ3v) is 1.80. The molecule has 0 radical (unpaired) electrons. The maximum Gasteiger partial charge on any atom is 0.340 e. The molecule has 0 spiro atoms. The van der Waals surface area contributed by atoms with Crippen molar-refractivity contribution in [2.45, 2.75) is 6.61 Å². The van der Waals surface area contributed by atoms with E-state index in [1.54, 1.807) is 0 Å². The fraction of sp³-hybridized carbons (Fsp3) is 0.111. The minimum Gasteiger partial charge on any atom is -0.504 e. The van der Waals surface area contributed by atoms with E-state index in [2.05, 4.69) is 4.42 Å². The molecule has 0 saturated carbocycles. The predicted octanol–water partition coefficient (Wildman–Crippen LogP) is -0.0559. The topological polar surface area (TPSA) is 101 Å². The second-order valence-electron chi connectivity index (χ2n) is 2.84. The van der Waals surface area contributed by atoms with Crippen LogP contribution in [0.15, 0.2) is 30.6 Å². The van der Waals surface area contributed by atoms with E-state index in [4.69, 9.17) is 9.52 Å². The molecule has 0 bridgehead atoms. The lowest BCUT2D eigenvalue weighted by Gasteiger charge is -1.99. The first-order valence-electron chi connectivity index (χ1n) is 4.02. The van der Waals surface area contributed by atoms with E-state index in [1.807, 2.05) is 0 Å². The number of aliphatic hydroxyl groups is 1. The van der Waals surface area contributed by atoms with E-state index in [9.17, 15) is 14.7 Å². The monoisotopic (exact) mass is 210 g/mol. The Morgan fingerprint density at radius 3 is 2.53 bits per heavy atom. The largest absolute Gasteiger partial charge is 0.504 e. The Morgan fingerprint density at radius 1 is 1.13 bits per heavy atom. The number of fused-ring (bicyclic) bond motifs is 1. The summed E-state index contributed by atoms with van der Waals surface area (Å²) in [6.45, 7) is -0.482. The average Bonchev–Trinajstić information content (AvgIpc) is 2.19. The normalized spacial score (nSPS) is 10.7. The molecule has 0 aliphatic heterocycles. The van der Waals surface area contributed by atoms with Crippen LogP contribution in [-0.2, 0) is 6.61 Å². The van der Waals surface area contributed by atoms with Crippen molar-refractivity contribution < 1.29 is 19.0 Å². The van der Waals surface area contributed by atoms with E-state index in [-0.39, 0.29) is 16.9 Å². The minimum atomic E-state index is -0.843. The Morgan fingerprint density at radius 2 is 1.87 bits per heavy atom. The third-order valence-electron chi connectivity index (χ3n) is 1.80. The van der Waals surface area contributed by atoms with Crippen LogP contribution in [0.1, 0.15) is 5.76 Å². The maximum atomic E-state index is 11.3. The molecular weight excluding hydrogens is 204 g/mol. The number of hydrogen-bond donors (Lipinski definition) is 2. The lowest BCUT2D eigenvalue weighted by atomic mass is 10.3. The van der Waals surface area contributed by atoms with Gasteiger partial charge in [-0.15, -0.1) is 0 Å². The highest BCUT2D eigenvalue weighted by Crippen LogP contribution is 2.20. The quantitative estimate of drug-likeness (QED) is 0.683. The average molecular weight is 210 g/mol. The zero-order valence-electron chi connectivity index (χ0n) is 7.39. The zero-order valence-corrected chi connectivity index (χ0v) is 7.39. The Balaban J connectivity index is 2.98. The summed E-state index contributed by atoms with van der Waals surface area (Å²) in [4.78, 5) is 22.2. The molecule has 2 aromatic heterocycles. The van der Waals surface area contributed by atoms with Gasteiger partial charge in [-0.3, -0.25) is 4.79 Å². The number of rotatable bonds is 1.